The number of nitrogens with one attached hydrogen (secondary N) is 1. The van der Waals surface area contributed by atoms with Crippen molar-refractivity contribution < 1.29 is 4.74 Å². The molecule has 1 rings (SSSR count). The molecule has 0 heterocycles. The average molecular weight is 208 g/mol. The van der Waals surface area contributed by atoms with E-state index in [1.54, 1.807) is 7.11 Å². The summed E-state index contributed by atoms with van der Waals surface area (Å²) in [6.45, 7) is 1.87. The van der Waals surface area contributed by atoms with E-state index in [-0.39, 0.29) is 0 Å². The molecule has 0 radical (unpaired) electrons. The van der Waals surface area contributed by atoms with Gasteiger partial charge in [-0.2, -0.15) is 0 Å². The monoisotopic (exact) mass is 208 g/mol. The van der Waals surface area contributed by atoms with Crippen molar-refractivity contribution in [2.45, 2.75) is 19.3 Å². The molecule has 3 heteroatoms. The molecular weight excluding hydrogens is 188 g/mol. The number of methoxy groups -OCH3 is 1. The second-order valence-corrected chi connectivity index (χ2v) is 3.60. The fourth-order valence-corrected chi connectivity index (χ4v) is 1.38. The number of benzene rings is 1. The summed E-state index contributed by atoms with van der Waals surface area (Å²) in [6, 6.07) is 7.83. The average Bonchev–Trinajstić information content (AvgIpc) is 2.26. The minimum absolute atomic E-state index is 0.806. The van der Waals surface area contributed by atoms with Gasteiger partial charge in [0, 0.05) is 31.6 Å². The zero-order chi connectivity index (χ0) is 10.9. The number of hydrogen-bond acceptors (Lipinski definition) is 3. The number of rotatable bonds is 7. The van der Waals surface area contributed by atoms with Gasteiger partial charge >= 0.3 is 0 Å². The number of nitrogen functional groups attached to an aromatic ring is 1. The van der Waals surface area contributed by atoms with Crippen LogP contribution in [0.3, 0.4) is 0 Å². The van der Waals surface area contributed by atoms with E-state index in [0.717, 1.165) is 30.9 Å². The molecule has 0 aromatic heterocycles. The van der Waals surface area contributed by atoms with Crippen LogP contribution in [-0.4, -0.2) is 20.3 Å². The van der Waals surface area contributed by atoms with E-state index in [1.807, 2.05) is 24.3 Å². The Bertz CT molecular complexity index is 259. The molecule has 0 aliphatic carbocycles. The lowest BCUT2D eigenvalue weighted by Gasteiger charge is -2.06. The second-order valence-electron chi connectivity index (χ2n) is 3.60. The van der Waals surface area contributed by atoms with Crippen LogP contribution in [0, 0.1) is 0 Å². The van der Waals surface area contributed by atoms with Gasteiger partial charge in [-0.1, -0.05) is 0 Å². The molecule has 0 saturated heterocycles. The number of anilines is 2. The highest BCUT2D eigenvalue weighted by Crippen LogP contribution is 2.10. The molecule has 0 aliphatic heterocycles. The van der Waals surface area contributed by atoms with Gasteiger partial charge in [0.2, 0.25) is 0 Å². The smallest absolute Gasteiger partial charge is 0.0462 e. The third-order valence-electron chi connectivity index (χ3n) is 2.27. The number of ether oxygens (including phenoxy) is 1. The zero-order valence-electron chi connectivity index (χ0n) is 9.33. The Morgan fingerprint density at radius 1 is 1.13 bits per heavy atom. The molecule has 0 saturated carbocycles. The Kier molecular flexibility index (Phi) is 5.63. The molecule has 0 atom stereocenters. The number of nitrogens with two attached hydrogens (primary N) is 1. The topological polar surface area (TPSA) is 47.3 Å². The van der Waals surface area contributed by atoms with Crippen molar-refractivity contribution in [3.05, 3.63) is 24.3 Å². The summed E-state index contributed by atoms with van der Waals surface area (Å²) in [7, 11) is 1.74. The van der Waals surface area contributed by atoms with Crippen LogP contribution in [0.25, 0.3) is 0 Å². The minimum atomic E-state index is 0.806. The summed E-state index contributed by atoms with van der Waals surface area (Å²) in [5.74, 6) is 0. The highest BCUT2D eigenvalue weighted by atomic mass is 16.5. The number of hydrogen-bond donors (Lipinski definition) is 2. The quantitative estimate of drug-likeness (QED) is 0.534. The maximum Gasteiger partial charge on any atom is 0.0462 e. The first-order chi connectivity index (χ1) is 7.33. The van der Waals surface area contributed by atoms with Gasteiger partial charge in [-0.05, 0) is 43.5 Å². The van der Waals surface area contributed by atoms with Crippen LogP contribution in [0.5, 0.6) is 0 Å². The first-order valence-electron chi connectivity index (χ1n) is 5.41. The highest BCUT2D eigenvalue weighted by molar-refractivity contribution is 5.50. The normalized spacial score (nSPS) is 10.2. The Morgan fingerprint density at radius 3 is 2.53 bits per heavy atom. The maximum atomic E-state index is 5.59. The van der Waals surface area contributed by atoms with Crippen LogP contribution in [0.1, 0.15) is 19.3 Å². The van der Waals surface area contributed by atoms with Crippen molar-refractivity contribution in [2.75, 3.05) is 31.3 Å². The lowest BCUT2D eigenvalue weighted by molar-refractivity contribution is 0.192. The summed E-state index contributed by atoms with van der Waals surface area (Å²) in [6.07, 6.45) is 3.52. The summed E-state index contributed by atoms with van der Waals surface area (Å²) in [4.78, 5) is 0. The molecule has 3 nitrogen and oxygen atoms in total. The van der Waals surface area contributed by atoms with Crippen molar-refractivity contribution >= 4 is 11.4 Å². The molecule has 0 unspecified atom stereocenters. The molecule has 0 amide bonds. The van der Waals surface area contributed by atoms with Crippen molar-refractivity contribution in [1.82, 2.24) is 0 Å². The molecule has 0 fully saturated rings. The molecule has 84 valence electrons. The van der Waals surface area contributed by atoms with E-state index in [9.17, 15) is 0 Å². The van der Waals surface area contributed by atoms with E-state index in [4.69, 9.17) is 10.5 Å². The summed E-state index contributed by atoms with van der Waals surface area (Å²) in [5.41, 5.74) is 7.54. The third-order valence-corrected chi connectivity index (χ3v) is 2.27. The Balaban J connectivity index is 2.07. The molecule has 0 aliphatic rings. The molecular formula is C12H20N2O. The van der Waals surface area contributed by atoms with Crippen molar-refractivity contribution in [3.63, 3.8) is 0 Å². The second kappa shape index (κ2) is 7.12. The minimum Gasteiger partial charge on any atom is -0.399 e. The summed E-state index contributed by atoms with van der Waals surface area (Å²) < 4.78 is 4.99. The van der Waals surface area contributed by atoms with Gasteiger partial charge in [-0.3, -0.25) is 0 Å². The lowest BCUT2D eigenvalue weighted by Crippen LogP contribution is -2.02. The van der Waals surface area contributed by atoms with E-state index < -0.39 is 0 Å². The molecule has 1 aromatic carbocycles. The van der Waals surface area contributed by atoms with Crippen LogP contribution in [0.15, 0.2) is 24.3 Å². The van der Waals surface area contributed by atoms with Gasteiger partial charge in [0.15, 0.2) is 0 Å². The predicted octanol–water partition coefficient (Wildman–Crippen LogP) is 2.50. The van der Waals surface area contributed by atoms with E-state index in [0.29, 0.717) is 0 Å². The van der Waals surface area contributed by atoms with E-state index in [1.165, 1.54) is 12.8 Å². The van der Waals surface area contributed by atoms with Crippen LogP contribution >= 0.6 is 0 Å². The van der Waals surface area contributed by atoms with E-state index in [2.05, 4.69) is 5.32 Å². The van der Waals surface area contributed by atoms with Crippen LogP contribution in [0.4, 0.5) is 11.4 Å². The largest absolute Gasteiger partial charge is 0.399 e. The molecule has 0 spiro atoms. The van der Waals surface area contributed by atoms with Crippen molar-refractivity contribution in [2.24, 2.45) is 0 Å². The third kappa shape index (κ3) is 5.27. The van der Waals surface area contributed by atoms with Crippen molar-refractivity contribution in [1.29, 1.82) is 0 Å². The Hall–Kier alpha value is -1.22. The van der Waals surface area contributed by atoms with Gasteiger partial charge in [-0.15, -0.1) is 0 Å². The van der Waals surface area contributed by atoms with Gasteiger partial charge < -0.3 is 15.8 Å². The van der Waals surface area contributed by atoms with Crippen LogP contribution in [-0.2, 0) is 4.74 Å². The van der Waals surface area contributed by atoms with E-state index >= 15 is 0 Å². The first-order valence-corrected chi connectivity index (χ1v) is 5.41. The van der Waals surface area contributed by atoms with Gasteiger partial charge in [0.05, 0.1) is 0 Å². The molecule has 3 N–H and O–H groups in total. The Morgan fingerprint density at radius 2 is 1.87 bits per heavy atom. The Labute approximate surface area is 91.6 Å². The summed E-state index contributed by atoms with van der Waals surface area (Å²) in [5, 5.41) is 3.35. The van der Waals surface area contributed by atoms with Gasteiger partial charge in [-0.25, -0.2) is 0 Å². The van der Waals surface area contributed by atoms with Crippen LogP contribution < -0.4 is 11.1 Å². The standard InChI is InChI=1S/C12H20N2O/c1-15-10-4-2-3-9-14-12-7-5-11(13)6-8-12/h5-8,14H,2-4,9-10,13H2,1H3. The molecule has 15 heavy (non-hydrogen) atoms. The molecule has 0 bridgehead atoms. The lowest BCUT2D eigenvalue weighted by atomic mass is 10.2. The fourth-order valence-electron chi connectivity index (χ4n) is 1.38. The fraction of sp³-hybridized carbons (Fsp3) is 0.500. The first kappa shape index (κ1) is 11.9. The zero-order valence-corrected chi connectivity index (χ0v) is 9.33. The summed E-state index contributed by atoms with van der Waals surface area (Å²) >= 11 is 0. The maximum absolute atomic E-state index is 5.59. The van der Waals surface area contributed by atoms with Crippen LogP contribution in [0.2, 0.25) is 0 Å². The SMILES string of the molecule is COCCCCCNc1ccc(N)cc1. The van der Waals surface area contributed by atoms with Crippen molar-refractivity contribution in [3.8, 4) is 0 Å². The van der Waals surface area contributed by atoms with Gasteiger partial charge in [0.25, 0.3) is 0 Å². The molecule has 1 aromatic rings. The number of unbranched alkanes of at least 4 members (excludes halogenated alkanes) is 2. The highest BCUT2D eigenvalue weighted by Gasteiger charge is 1.92. The van der Waals surface area contributed by atoms with Gasteiger partial charge in [0.1, 0.15) is 0 Å². The predicted molar refractivity (Wildman–Crippen MR) is 65.1 cm³/mol.